The number of thiol groups is 1. The summed E-state index contributed by atoms with van der Waals surface area (Å²) in [6.07, 6.45) is 0. The first-order valence-electron chi connectivity index (χ1n) is 3.35. The van der Waals surface area contributed by atoms with Gasteiger partial charge < -0.3 is 5.73 Å². The molecule has 0 aliphatic carbocycles. The number of rotatable bonds is 0. The van der Waals surface area contributed by atoms with Crippen LogP contribution in [0.2, 0.25) is 0 Å². The van der Waals surface area contributed by atoms with E-state index in [1.807, 2.05) is 18.2 Å². The van der Waals surface area contributed by atoms with Crippen molar-refractivity contribution in [1.29, 1.82) is 0 Å². The molecule has 12 heavy (non-hydrogen) atoms. The molecule has 0 atom stereocenters. The van der Waals surface area contributed by atoms with Gasteiger partial charge in [0.05, 0.1) is 8.91 Å². The van der Waals surface area contributed by atoms with Crippen molar-refractivity contribution in [1.82, 2.24) is 0 Å². The van der Waals surface area contributed by atoms with Crippen molar-refractivity contribution in [2.75, 3.05) is 5.73 Å². The van der Waals surface area contributed by atoms with Crippen molar-refractivity contribution in [3.05, 3.63) is 22.7 Å². The van der Waals surface area contributed by atoms with Crippen LogP contribution in [0.25, 0.3) is 10.1 Å². The normalized spacial score (nSPS) is 10.8. The first-order chi connectivity index (χ1) is 5.70. The van der Waals surface area contributed by atoms with Gasteiger partial charge >= 0.3 is 0 Å². The molecule has 4 heteroatoms. The summed E-state index contributed by atoms with van der Waals surface area (Å²) in [5.74, 6) is 0. The van der Waals surface area contributed by atoms with E-state index in [1.165, 1.54) is 0 Å². The minimum Gasteiger partial charge on any atom is -0.398 e. The first kappa shape index (κ1) is 8.41. The zero-order valence-electron chi connectivity index (χ0n) is 6.04. The van der Waals surface area contributed by atoms with Crippen molar-refractivity contribution in [3.8, 4) is 0 Å². The Labute approximate surface area is 88.1 Å². The summed E-state index contributed by atoms with van der Waals surface area (Å²) < 4.78 is 3.12. The van der Waals surface area contributed by atoms with E-state index in [2.05, 4.69) is 28.6 Å². The van der Waals surface area contributed by atoms with Crippen LogP contribution in [0.15, 0.2) is 26.9 Å². The van der Waals surface area contributed by atoms with Crippen LogP contribution in [0.5, 0.6) is 0 Å². The number of hydrogen-bond donors (Lipinski definition) is 2. The SMILES string of the molecule is Nc1cccc2c(Br)c(S)sc12. The van der Waals surface area contributed by atoms with Gasteiger partial charge in [0.2, 0.25) is 0 Å². The topological polar surface area (TPSA) is 26.0 Å². The zero-order valence-corrected chi connectivity index (χ0v) is 9.34. The standard InChI is InChI=1S/C8H6BrNS2/c9-6-4-2-1-3-5(10)7(4)12-8(6)11/h1-3,11H,10H2. The predicted molar refractivity (Wildman–Crippen MR) is 61.2 cm³/mol. The van der Waals surface area contributed by atoms with Crippen LogP contribution >= 0.6 is 39.9 Å². The highest BCUT2D eigenvalue weighted by atomic mass is 79.9. The molecule has 62 valence electrons. The van der Waals surface area contributed by atoms with Gasteiger partial charge in [0.25, 0.3) is 0 Å². The maximum absolute atomic E-state index is 5.79. The van der Waals surface area contributed by atoms with Gasteiger partial charge in [0.15, 0.2) is 0 Å². The number of nitrogen functional groups attached to an aromatic ring is 1. The minimum atomic E-state index is 0.818. The van der Waals surface area contributed by atoms with Gasteiger partial charge in [-0.05, 0) is 22.0 Å². The van der Waals surface area contributed by atoms with E-state index in [0.717, 1.165) is 24.5 Å². The Hall–Kier alpha value is -0.190. The van der Waals surface area contributed by atoms with Crippen LogP contribution in [0, 0.1) is 0 Å². The molecule has 0 bridgehead atoms. The summed E-state index contributed by atoms with van der Waals surface area (Å²) in [5.41, 5.74) is 6.61. The number of anilines is 1. The van der Waals surface area contributed by atoms with E-state index >= 15 is 0 Å². The van der Waals surface area contributed by atoms with Gasteiger partial charge in [0.1, 0.15) is 0 Å². The van der Waals surface area contributed by atoms with E-state index < -0.39 is 0 Å². The molecule has 0 amide bonds. The summed E-state index contributed by atoms with van der Waals surface area (Å²) in [6, 6.07) is 5.88. The monoisotopic (exact) mass is 259 g/mol. The lowest BCUT2D eigenvalue weighted by molar-refractivity contribution is 1.69. The second-order valence-electron chi connectivity index (χ2n) is 2.45. The fraction of sp³-hybridized carbons (Fsp3) is 0. The Morgan fingerprint density at radius 3 is 2.83 bits per heavy atom. The summed E-state index contributed by atoms with van der Waals surface area (Å²) in [7, 11) is 0. The van der Waals surface area contributed by atoms with E-state index in [9.17, 15) is 0 Å². The number of halogens is 1. The molecule has 2 aromatic rings. The molecule has 0 saturated heterocycles. The summed E-state index contributed by atoms with van der Waals surface area (Å²) in [6.45, 7) is 0. The van der Waals surface area contributed by atoms with E-state index in [-0.39, 0.29) is 0 Å². The molecule has 2 rings (SSSR count). The molecule has 0 spiro atoms. The zero-order chi connectivity index (χ0) is 8.72. The van der Waals surface area contributed by atoms with Gasteiger partial charge in [-0.15, -0.1) is 24.0 Å². The fourth-order valence-corrected chi connectivity index (χ4v) is 3.06. The molecule has 0 aliphatic rings. The van der Waals surface area contributed by atoms with Gasteiger partial charge in [-0.25, -0.2) is 0 Å². The second-order valence-corrected chi connectivity index (χ2v) is 5.01. The van der Waals surface area contributed by atoms with Crippen molar-refractivity contribution < 1.29 is 0 Å². The van der Waals surface area contributed by atoms with Gasteiger partial charge in [0, 0.05) is 15.5 Å². The number of thiophene rings is 1. The van der Waals surface area contributed by atoms with E-state index in [0.29, 0.717) is 0 Å². The summed E-state index contributed by atoms with van der Waals surface area (Å²) in [5, 5.41) is 1.14. The minimum absolute atomic E-state index is 0.818. The molecule has 1 aromatic carbocycles. The summed E-state index contributed by atoms with van der Waals surface area (Å²) in [4.78, 5) is 0. The van der Waals surface area contributed by atoms with Crippen LogP contribution in [0.1, 0.15) is 0 Å². The third-order valence-corrected chi connectivity index (χ3v) is 4.62. The Kier molecular flexibility index (Phi) is 2.06. The lowest BCUT2D eigenvalue weighted by Crippen LogP contribution is -1.81. The van der Waals surface area contributed by atoms with Crippen molar-refractivity contribution in [2.24, 2.45) is 0 Å². The molecule has 0 unspecified atom stereocenters. The number of benzene rings is 1. The smallest absolute Gasteiger partial charge is 0.0724 e. The average molecular weight is 260 g/mol. The highest BCUT2D eigenvalue weighted by molar-refractivity contribution is 9.10. The summed E-state index contributed by atoms with van der Waals surface area (Å²) >= 11 is 9.38. The number of nitrogens with two attached hydrogens (primary N) is 1. The van der Waals surface area contributed by atoms with Gasteiger partial charge in [-0.1, -0.05) is 12.1 Å². The maximum atomic E-state index is 5.79. The largest absolute Gasteiger partial charge is 0.398 e. The van der Waals surface area contributed by atoms with Gasteiger partial charge in [-0.2, -0.15) is 0 Å². The third kappa shape index (κ3) is 1.14. The average Bonchev–Trinajstić information content (AvgIpc) is 2.32. The maximum Gasteiger partial charge on any atom is 0.0724 e. The van der Waals surface area contributed by atoms with Crippen LogP contribution in [0.3, 0.4) is 0 Å². The molecular weight excluding hydrogens is 254 g/mol. The van der Waals surface area contributed by atoms with Crippen molar-refractivity contribution in [2.45, 2.75) is 4.21 Å². The lowest BCUT2D eigenvalue weighted by Gasteiger charge is -1.93. The molecular formula is C8H6BrNS2. The molecule has 0 fully saturated rings. The molecule has 2 N–H and O–H groups in total. The predicted octanol–water partition coefficient (Wildman–Crippen LogP) is 3.53. The highest BCUT2D eigenvalue weighted by Crippen LogP contribution is 2.40. The number of hydrogen-bond acceptors (Lipinski definition) is 3. The lowest BCUT2D eigenvalue weighted by atomic mass is 10.2. The Bertz CT molecular complexity index is 436. The van der Waals surface area contributed by atoms with E-state index in [1.54, 1.807) is 11.3 Å². The van der Waals surface area contributed by atoms with Crippen LogP contribution in [0.4, 0.5) is 5.69 Å². The molecule has 0 aliphatic heterocycles. The molecule has 1 heterocycles. The first-order valence-corrected chi connectivity index (χ1v) is 5.41. The van der Waals surface area contributed by atoms with Crippen LogP contribution in [-0.2, 0) is 0 Å². The Morgan fingerprint density at radius 1 is 1.42 bits per heavy atom. The second kappa shape index (κ2) is 2.94. The molecule has 1 aromatic heterocycles. The quantitative estimate of drug-likeness (QED) is 0.550. The number of fused-ring (bicyclic) bond motifs is 1. The Morgan fingerprint density at radius 2 is 2.17 bits per heavy atom. The third-order valence-electron chi connectivity index (χ3n) is 1.67. The van der Waals surface area contributed by atoms with E-state index in [4.69, 9.17) is 5.73 Å². The molecule has 0 radical (unpaired) electrons. The van der Waals surface area contributed by atoms with Crippen LogP contribution < -0.4 is 5.73 Å². The molecule has 0 saturated carbocycles. The van der Waals surface area contributed by atoms with Crippen molar-refractivity contribution in [3.63, 3.8) is 0 Å². The van der Waals surface area contributed by atoms with Crippen LogP contribution in [-0.4, -0.2) is 0 Å². The fourth-order valence-electron chi connectivity index (χ4n) is 1.10. The highest BCUT2D eigenvalue weighted by Gasteiger charge is 2.07. The van der Waals surface area contributed by atoms with Crippen molar-refractivity contribution >= 4 is 55.7 Å². The molecule has 1 nitrogen and oxygen atoms in total. The Balaban J connectivity index is 2.95. The van der Waals surface area contributed by atoms with Gasteiger partial charge in [-0.3, -0.25) is 0 Å².